The number of urea groups is 1. The zero-order chi connectivity index (χ0) is 21.0. The maximum atomic E-state index is 12.5. The second-order valence-corrected chi connectivity index (χ2v) is 9.10. The molecule has 0 saturated carbocycles. The highest BCUT2D eigenvalue weighted by atomic mass is 32.2. The molecule has 1 atom stereocenters. The number of benzene rings is 2. The van der Waals surface area contributed by atoms with Gasteiger partial charge in [0.25, 0.3) is 5.91 Å². The molecule has 1 fully saturated rings. The van der Waals surface area contributed by atoms with Crippen molar-refractivity contribution in [1.82, 2.24) is 5.32 Å². The minimum absolute atomic E-state index is 0.0673. The van der Waals surface area contributed by atoms with Crippen LogP contribution in [0.3, 0.4) is 0 Å². The van der Waals surface area contributed by atoms with Gasteiger partial charge in [0.1, 0.15) is 0 Å². The summed E-state index contributed by atoms with van der Waals surface area (Å²) in [6.07, 6.45) is 0.386. The van der Waals surface area contributed by atoms with Gasteiger partial charge in [0.2, 0.25) is 0 Å². The number of rotatable bonds is 5. The molecule has 3 amide bonds. The minimum Gasteiger partial charge on any atom is -0.334 e. The van der Waals surface area contributed by atoms with Crippen LogP contribution < -0.4 is 16.0 Å². The summed E-state index contributed by atoms with van der Waals surface area (Å²) in [5.41, 5.74) is 1.69. The van der Waals surface area contributed by atoms with E-state index >= 15 is 0 Å². The lowest BCUT2D eigenvalue weighted by Crippen LogP contribution is -2.38. The fourth-order valence-corrected chi connectivity index (χ4v) is 4.69. The maximum Gasteiger partial charge on any atom is 0.319 e. The molecule has 1 heterocycles. The van der Waals surface area contributed by atoms with Gasteiger partial charge in [-0.1, -0.05) is 18.2 Å². The summed E-state index contributed by atoms with van der Waals surface area (Å²) in [7, 11) is -3.09. The lowest BCUT2D eigenvalue weighted by atomic mass is 10.1. The van der Waals surface area contributed by atoms with E-state index in [-0.39, 0.29) is 17.3 Å². The normalized spacial score (nSPS) is 17.3. The van der Waals surface area contributed by atoms with Crippen LogP contribution in [0.1, 0.15) is 34.1 Å². The van der Waals surface area contributed by atoms with Crippen molar-refractivity contribution >= 4 is 38.9 Å². The molecule has 0 bridgehead atoms. The van der Waals surface area contributed by atoms with Crippen LogP contribution in [-0.4, -0.2) is 43.7 Å². The molecule has 152 valence electrons. The molecule has 3 rings (SSSR count). The second kappa shape index (κ2) is 8.44. The molecule has 8 nitrogen and oxygen atoms in total. The van der Waals surface area contributed by atoms with Crippen molar-refractivity contribution < 1.29 is 22.8 Å². The van der Waals surface area contributed by atoms with Crippen molar-refractivity contribution in [1.29, 1.82) is 0 Å². The molecule has 2 aromatic rings. The Labute approximate surface area is 168 Å². The zero-order valence-electron chi connectivity index (χ0n) is 15.8. The molecule has 29 heavy (non-hydrogen) atoms. The summed E-state index contributed by atoms with van der Waals surface area (Å²) >= 11 is 0. The molecule has 0 spiro atoms. The van der Waals surface area contributed by atoms with Crippen molar-refractivity contribution in [2.45, 2.75) is 19.4 Å². The van der Waals surface area contributed by atoms with Gasteiger partial charge in [-0.15, -0.1) is 0 Å². The monoisotopic (exact) mass is 415 g/mol. The van der Waals surface area contributed by atoms with Gasteiger partial charge in [-0.05, 0) is 43.7 Å². The Kier molecular flexibility index (Phi) is 5.97. The molecular weight excluding hydrogens is 394 g/mol. The SMILES string of the molecule is CC(=O)c1cccc(NC(=O)c2cccc(NC(=O)N[C@@H]3CCS(=O)(=O)C3)c2)c1. The summed E-state index contributed by atoms with van der Waals surface area (Å²) in [5, 5.41) is 7.95. The predicted molar refractivity (Wildman–Crippen MR) is 110 cm³/mol. The topological polar surface area (TPSA) is 121 Å². The van der Waals surface area contributed by atoms with Gasteiger partial charge < -0.3 is 16.0 Å². The van der Waals surface area contributed by atoms with Crippen LogP contribution in [0.25, 0.3) is 0 Å². The summed E-state index contributed by atoms with van der Waals surface area (Å²) in [6, 6.07) is 12.0. The molecule has 3 N–H and O–H groups in total. The number of nitrogens with one attached hydrogen (secondary N) is 3. The lowest BCUT2D eigenvalue weighted by molar-refractivity contribution is 0.101. The van der Waals surface area contributed by atoms with Crippen LogP contribution in [0, 0.1) is 0 Å². The summed E-state index contributed by atoms with van der Waals surface area (Å²) in [6.45, 7) is 1.45. The Hall–Kier alpha value is -3.20. The third-order valence-corrected chi connectivity index (χ3v) is 6.25. The number of carbonyl (C=O) groups excluding carboxylic acids is 3. The molecule has 0 aliphatic carbocycles. The minimum atomic E-state index is -3.09. The molecule has 1 aliphatic heterocycles. The van der Waals surface area contributed by atoms with Gasteiger partial charge >= 0.3 is 6.03 Å². The van der Waals surface area contributed by atoms with Gasteiger partial charge in [-0.3, -0.25) is 9.59 Å². The number of hydrogen-bond acceptors (Lipinski definition) is 5. The number of ketones is 1. The number of sulfone groups is 1. The Morgan fingerprint density at radius 2 is 1.55 bits per heavy atom. The van der Waals surface area contributed by atoms with Crippen molar-refractivity contribution in [3.05, 3.63) is 59.7 Å². The average Bonchev–Trinajstić information content (AvgIpc) is 3.00. The highest BCUT2D eigenvalue weighted by Crippen LogP contribution is 2.16. The number of carbonyl (C=O) groups is 3. The van der Waals surface area contributed by atoms with E-state index in [0.29, 0.717) is 28.9 Å². The summed E-state index contributed by atoms with van der Waals surface area (Å²) in [4.78, 5) is 36.1. The molecular formula is C20H21N3O5S. The van der Waals surface area contributed by atoms with E-state index in [1.165, 1.54) is 13.0 Å². The molecule has 9 heteroatoms. The maximum absolute atomic E-state index is 12.5. The quantitative estimate of drug-likeness (QED) is 0.648. The molecule has 1 aliphatic rings. The predicted octanol–water partition coefficient (Wildman–Crippen LogP) is 2.45. The van der Waals surface area contributed by atoms with Crippen LogP contribution in [0.2, 0.25) is 0 Å². The van der Waals surface area contributed by atoms with Gasteiger partial charge in [-0.2, -0.15) is 0 Å². The number of Topliss-reactive ketones (excluding diaryl/α,β-unsaturated/α-hetero) is 1. The van der Waals surface area contributed by atoms with Crippen LogP contribution >= 0.6 is 0 Å². The highest BCUT2D eigenvalue weighted by Gasteiger charge is 2.28. The van der Waals surface area contributed by atoms with Crippen molar-refractivity contribution in [2.75, 3.05) is 22.1 Å². The van der Waals surface area contributed by atoms with E-state index in [4.69, 9.17) is 0 Å². The highest BCUT2D eigenvalue weighted by molar-refractivity contribution is 7.91. The van der Waals surface area contributed by atoms with Crippen molar-refractivity contribution in [2.24, 2.45) is 0 Å². The fourth-order valence-electron chi connectivity index (χ4n) is 3.02. The van der Waals surface area contributed by atoms with E-state index in [1.54, 1.807) is 42.5 Å². The van der Waals surface area contributed by atoms with Crippen molar-refractivity contribution in [3.8, 4) is 0 Å². The van der Waals surface area contributed by atoms with Crippen LogP contribution in [0.4, 0.5) is 16.2 Å². The largest absolute Gasteiger partial charge is 0.334 e. The molecule has 2 aromatic carbocycles. The van der Waals surface area contributed by atoms with Gasteiger partial charge in [0.15, 0.2) is 15.6 Å². The third-order valence-electron chi connectivity index (χ3n) is 4.48. The second-order valence-electron chi connectivity index (χ2n) is 6.87. The Bertz CT molecular complexity index is 1070. The Balaban J connectivity index is 1.63. The van der Waals surface area contributed by atoms with E-state index in [9.17, 15) is 22.8 Å². The van der Waals surface area contributed by atoms with E-state index < -0.39 is 27.8 Å². The van der Waals surface area contributed by atoms with E-state index in [2.05, 4.69) is 16.0 Å². The first kappa shape index (κ1) is 20.5. The van der Waals surface area contributed by atoms with E-state index in [0.717, 1.165) is 0 Å². The molecule has 0 radical (unpaired) electrons. The zero-order valence-corrected chi connectivity index (χ0v) is 16.6. The smallest absolute Gasteiger partial charge is 0.319 e. The van der Waals surface area contributed by atoms with Gasteiger partial charge in [0.05, 0.1) is 11.5 Å². The van der Waals surface area contributed by atoms with Crippen molar-refractivity contribution in [3.63, 3.8) is 0 Å². The molecule has 1 saturated heterocycles. The van der Waals surface area contributed by atoms with Crippen LogP contribution in [-0.2, 0) is 9.84 Å². The fraction of sp³-hybridized carbons (Fsp3) is 0.250. The molecule has 0 aromatic heterocycles. The van der Waals surface area contributed by atoms with Crippen LogP contribution in [0.15, 0.2) is 48.5 Å². The number of anilines is 2. The first-order chi connectivity index (χ1) is 13.7. The summed E-state index contributed by atoms with van der Waals surface area (Å²) < 4.78 is 22.9. The van der Waals surface area contributed by atoms with E-state index in [1.807, 2.05) is 0 Å². The number of amides is 3. The lowest BCUT2D eigenvalue weighted by Gasteiger charge is -2.13. The first-order valence-corrected chi connectivity index (χ1v) is 10.8. The first-order valence-electron chi connectivity index (χ1n) is 9.02. The summed E-state index contributed by atoms with van der Waals surface area (Å²) in [5.74, 6) is -0.495. The third kappa shape index (κ3) is 5.64. The number of hydrogen-bond donors (Lipinski definition) is 3. The molecule has 0 unspecified atom stereocenters. The van der Waals surface area contributed by atoms with Gasteiger partial charge in [-0.25, -0.2) is 13.2 Å². The average molecular weight is 415 g/mol. The Morgan fingerprint density at radius 1 is 0.931 bits per heavy atom. The van der Waals surface area contributed by atoms with Gasteiger partial charge in [0, 0.05) is 28.5 Å². The standard InChI is InChI=1S/C20H21N3O5S/c1-13(24)14-4-2-6-16(10-14)21-19(25)15-5-3-7-17(11-15)22-20(26)23-18-8-9-29(27,28)12-18/h2-7,10-11,18H,8-9,12H2,1H3,(H,21,25)(H2,22,23,26)/t18-/m1/s1. The van der Waals surface area contributed by atoms with Crippen LogP contribution in [0.5, 0.6) is 0 Å². The Morgan fingerprint density at radius 3 is 2.17 bits per heavy atom.